The number of hydrogen-bond donors (Lipinski definition) is 1. The molecule has 0 heterocycles. The van der Waals surface area contributed by atoms with Gasteiger partial charge in [-0.15, -0.1) is 0 Å². The second kappa shape index (κ2) is 5.75. The van der Waals surface area contributed by atoms with Crippen LogP contribution < -0.4 is 0 Å². The van der Waals surface area contributed by atoms with E-state index in [9.17, 15) is 14.7 Å². The van der Waals surface area contributed by atoms with E-state index < -0.39 is 11.0 Å². The maximum absolute atomic E-state index is 12.9. The predicted molar refractivity (Wildman–Crippen MR) is 110 cm³/mol. The molecule has 1 N–H and O–H groups in total. The lowest BCUT2D eigenvalue weighted by atomic mass is 9.45. The van der Waals surface area contributed by atoms with Gasteiger partial charge in [0.25, 0.3) is 0 Å². The monoisotopic (exact) mass is 400 g/mol. The van der Waals surface area contributed by atoms with E-state index in [1.807, 2.05) is 26.8 Å². The standard InChI is InChI=1S/C25H36O4/c1-22(2,3)21(27)29-14-6-10-24(5)18-8-9-23(4)19(16-12-17(16)20(23)26)15(18)7-11-25(24,28)13-14/h7,11,14-19,28H,6,8-10,12-13H2,1-5H3/t14-,15+,16+,17-,18-,19+,23-,24+,25-/m0/s1. The average Bonchev–Trinajstić information content (AvgIpc) is 3.37. The summed E-state index contributed by atoms with van der Waals surface area (Å²) >= 11 is 0. The molecule has 29 heavy (non-hydrogen) atoms. The van der Waals surface area contributed by atoms with Crippen LogP contribution in [0.1, 0.15) is 73.1 Å². The van der Waals surface area contributed by atoms with Crippen molar-refractivity contribution >= 4 is 11.8 Å². The molecule has 0 aromatic carbocycles. The Morgan fingerprint density at radius 2 is 1.93 bits per heavy atom. The molecule has 0 aliphatic heterocycles. The number of Topliss-reactive ketones (excluding diaryl/α,β-unsaturated/α-hetero) is 1. The third kappa shape index (κ3) is 2.53. The van der Waals surface area contributed by atoms with Gasteiger partial charge in [-0.25, -0.2) is 0 Å². The van der Waals surface area contributed by atoms with Gasteiger partial charge in [-0.2, -0.15) is 0 Å². The summed E-state index contributed by atoms with van der Waals surface area (Å²) in [5.74, 6) is 2.47. The molecule has 4 fully saturated rings. The quantitative estimate of drug-likeness (QED) is 0.526. The van der Waals surface area contributed by atoms with E-state index >= 15 is 0 Å². The van der Waals surface area contributed by atoms with Crippen LogP contribution in [0, 0.1) is 45.8 Å². The van der Waals surface area contributed by atoms with Crippen LogP contribution in [-0.2, 0) is 14.3 Å². The van der Waals surface area contributed by atoms with Gasteiger partial charge in [0.15, 0.2) is 0 Å². The Balaban J connectivity index is 1.42. The van der Waals surface area contributed by atoms with Gasteiger partial charge < -0.3 is 9.84 Å². The number of ketones is 1. The summed E-state index contributed by atoms with van der Waals surface area (Å²) in [4.78, 5) is 25.3. The van der Waals surface area contributed by atoms with Gasteiger partial charge >= 0.3 is 5.97 Å². The summed E-state index contributed by atoms with van der Waals surface area (Å²) in [6.07, 6.45) is 9.27. The Morgan fingerprint density at radius 1 is 1.21 bits per heavy atom. The summed E-state index contributed by atoms with van der Waals surface area (Å²) in [5.41, 5.74) is -1.83. The first-order valence-electron chi connectivity index (χ1n) is 11.6. The number of carbonyl (C=O) groups excluding carboxylic acids is 2. The Morgan fingerprint density at radius 3 is 2.62 bits per heavy atom. The molecule has 5 aliphatic rings. The third-order valence-corrected chi connectivity index (χ3v) is 9.60. The van der Waals surface area contributed by atoms with E-state index in [2.05, 4.69) is 19.9 Å². The van der Waals surface area contributed by atoms with Crippen molar-refractivity contribution in [1.82, 2.24) is 0 Å². The zero-order chi connectivity index (χ0) is 21.0. The maximum Gasteiger partial charge on any atom is 0.311 e. The maximum atomic E-state index is 12.9. The van der Waals surface area contributed by atoms with Crippen molar-refractivity contribution < 1.29 is 19.4 Å². The van der Waals surface area contributed by atoms with Gasteiger partial charge in [0.1, 0.15) is 11.9 Å². The van der Waals surface area contributed by atoms with E-state index in [0.29, 0.717) is 41.8 Å². The highest BCUT2D eigenvalue weighted by atomic mass is 16.5. The fourth-order valence-corrected chi connectivity index (χ4v) is 7.69. The van der Waals surface area contributed by atoms with Gasteiger partial charge in [0.05, 0.1) is 11.0 Å². The van der Waals surface area contributed by atoms with Crippen LogP contribution in [-0.4, -0.2) is 28.6 Å². The van der Waals surface area contributed by atoms with Crippen molar-refractivity contribution in [3.63, 3.8) is 0 Å². The van der Waals surface area contributed by atoms with Gasteiger partial charge in [-0.3, -0.25) is 9.59 Å². The van der Waals surface area contributed by atoms with Crippen LogP contribution in [0.15, 0.2) is 12.2 Å². The highest BCUT2D eigenvalue weighted by Gasteiger charge is 2.71. The highest BCUT2D eigenvalue weighted by molar-refractivity contribution is 5.92. The first-order chi connectivity index (χ1) is 13.4. The number of allylic oxidation sites excluding steroid dienone is 1. The van der Waals surface area contributed by atoms with Crippen LogP contribution >= 0.6 is 0 Å². The van der Waals surface area contributed by atoms with E-state index in [-0.39, 0.29) is 22.9 Å². The summed E-state index contributed by atoms with van der Waals surface area (Å²) in [7, 11) is 0. The van der Waals surface area contributed by atoms with Crippen molar-refractivity contribution in [1.29, 1.82) is 0 Å². The average molecular weight is 401 g/mol. The summed E-state index contributed by atoms with van der Waals surface area (Å²) in [6.45, 7) is 10.1. The molecule has 5 rings (SSSR count). The lowest BCUT2D eigenvalue weighted by molar-refractivity contribution is -0.187. The molecule has 0 saturated heterocycles. The zero-order valence-corrected chi connectivity index (χ0v) is 18.5. The largest absolute Gasteiger partial charge is 0.462 e. The number of aliphatic hydroxyl groups is 1. The van der Waals surface area contributed by atoms with Crippen LogP contribution in [0.5, 0.6) is 0 Å². The first-order valence-corrected chi connectivity index (χ1v) is 11.6. The second-order valence-corrected chi connectivity index (χ2v) is 12.3. The van der Waals surface area contributed by atoms with Crippen LogP contribution in [0.25, 0.3) is 0 Å². The number of esters is 1. The van der Waals surface area contributed by atoms with Crippen molar-refractivity contribution in [2.45, 2.75) is 84.8 Å². The molecule has 0 radical (unpaired) electrons. The first kappa shape index (κ1) is 19.8. The molecule has 0 spiro atoms. The zero-order valence-electron chi connectivity index (χ0n) is 18.5. The normalized spacial score (nSPS) is 52.8. The molecule has 5 aliphatic carbocycles. The number of rotatable bonds is 1. The van der Waals surface area contributed by atoms with Crippen molar-refractivity contribution in [2.24, 2.45) is 45.8 Å². The fourth-order valence-electron chi connectivity index (χ4n) is 7.69. The third-order valence-electron chi connectivity index (χ3n) is 9.60. The van der Waals surface area contributed by atoms with E-state index in [1.54, 1.807) is 0 Å². The van der Waals surface area contributed by atoms with Crippen LogP contribution in [0.3, 0.4) is 0 Å². The molecule has 4 heteroatoms. The van der Waals surface area contributed by atoms with E-state index in [4.69, 9.17) is 4.74 Å². The lowest BCUT2D eigenvalue weighted by Gasteiger charge is -2.61. The van der Waals surface area contributed by atoms with Gasteiger partial charge in [-0.05, 0) is 76.5 Å². The molecule has 0 aromatic rings. The molecular weight excluding hydrogens is 364 g/mol. The molecule has 4 saturated carbocycles. The number of fused-ring (bicyclic) bond motifs is 7. The molecule has 0 bridgehead atoms. The Kier molecular flexibility index (Phi) is 3.92. The van der Waals surface area contributed by atoms with Gasteiger partial charge in [0.2, 0.25) is 0 Å². The topological polar surface area (TPSA) is 63.6 Å². The molecule has 4 nitrogen and oxygen atoms in total. The van der Waals surface area contributed by atoms with Crippen molar-refractivity contribution in [3.05, 3.63) is 12.2 Å². The molecule has 0 amide bonds. The van der Waals surface area contributed by atoms with Gasteiger partial charge in [-0.1, -0.05) is 26.0 Å². The minimum atomic E-state index is -0.936. The number of hydrogen-bond acceptors (Lipinski definition) is 4. The Hall–Kier alpha value is -1.16. The van der Waals surface area contributed by atoms with Crippen LogP contribution in [0.4, 0.5) is 0 Å². The minimum absolute atomic E-state index is 0.148. The molecule has 0 unspecified atom stereocenters. The fraction of sp³-hybridized carbons (Fsp3) is 0.840. The molecule has 9 atom stereocenters. The molecule has 160 valence electrons. The van der Waals surface area contributed by atoms with Crippen LogP contribution in [0.2, 0.25) is 0 Å². The van der Waals surface area contributed by atoms with E-state index in [1.165, 1.54) is 0 Å². The van der Waals surface area contributed by atoms with E-state index in [0.717, 1.165) is 32.1 Å². The second-order valence-electron chi connectivity index (χ2n) is 12.3. The smallest absolute Gasteiger partial charge is 0.311 e. The summed E-state index contributed by atoms with van der Waals surface area (Å²) < 4.78 is 5.80. The lowest BCUT2D eigenvalue weighted by Crippen LogP contribution is -2.61. The molecular formula is C25H36O4. The predicted octanol–water partition coefficient (Wildman–Crippen LogP) is 4.30. The number of carbonyl (C=O) groups is 2. The van der Waals surface area contributed by atoms with Crippen molar-refractivity contribution in [2.75, 3.05) is 0 Å². The van der Waals surface area contributed by atoms with Gasteiger partial charge in [0, 0.05) is 23.2 Å². The number of ether oxygens (including phenoxy) is 1. The Labute approximate surface area is 174 Å². The highest BCUT2D eigenvalue weighted by Crippen LogP contribution is 2.71. The Bertz CT molecular complexity index is 793. The minimum Gasteiger partial charge on any atom is -0.462 e. The summed E-state index contributed by atoms with van der Waals surface area (Å²) in [5, 5.41) is 11.8. The summed E-state index contributed by atoms with van der Waals surface area (Å²) in [6, 6.07) is 0. The SMILES string of the molecule is CC(C)(C)C(=O)O[C@H]1CC[C@]2(C)[C@H]3CC[C@]4(C)C(=O)[C@H]5C[C@H]5[C@H]4[C@@H]3C=C[C@]2(O)C1. The van der Waals surface area contributed by atoms with Crippen molar-refractivity contribution in [3.8, 4) is 0 Å². The molecule has 0 aromatic heterocycles.